The molecule has 0 saturated carbocycles. The van der Waals surface area contributed by atoms with E-state index < -0.39 is 40.9 Å². The summed E-state index contributed by atoms with van der Waals surface area (Å²) < 4.78 is 73.7. The molecule has 1 aromatic carbocycles. The predicted molar refractivity (Wildman–Crippen MR) is 111 cm³/mol. The van der Waals surface area contributed by atoms with Gasteiger partial charge in [-0.2, -0.15) is 13.2 Å². The number of carbonyl (C=O) groups excluding carboxylic acids is 1. The Bertz CT molecular complexity index is 1520. The van der Waals surface area contributed by atoms with E-state index in [9.17, 15) is 31.5 Å². The molecule has 5 rings (SSSR count). The summed E-state index contributed by atoms with van der Waals surface area (Å²) in [6.45, 7) is 0.0208. The van der Waals surface area contributed by atoms with Gasteiger partial charge in [-0.25, -0.2) is 8.78 Å². The number of nitrogens with one attached hydrogen (secondary N) is 1. The van der Waals surface area contributed by atoms with Gasteiger partial charge in [0.15, 0.2) is 11.6 Å². The van der Waals surface area contributed by atoms with Crippen LogP contribution in [0.2, 0.25) is 0 Å². The number of hydrogen-bond acceptors (Lipinski definition) is 3. The minimum atomic E-state index is -4.52. The summed E-state index contributed by atoms with van der Waals surface area (Å²) in [7, 11) is 1.46. The van der Waals surface area contributed by atoms with Gasteiger partial charge in [0.25, 0.3) is 11.5 Å². The number of benzene rings is 1. The fourth-order valence-electron chi connectivity index (χ4n) is 4.28. The maximum absolute atomic E-state index is 14.1. The standard InChI is InChI=1S/C23H16F5N3O3/c1-30(22(33)11-2-3-13-4-12(23(26,27)28)8-31(13)7-11)19-10-34-9-18-20(19)14-5-16(24)17(25)6-15(14)21(32)29-18/h2-8,19H,9-10H2,1H3,(H,29,32). The Hall–Kier alpha value is -3.73. The third-order valence-corrected chi connectivity index (χ3v) is 5.99. The number of H-pyrrole nitrogens is 1. The predicted octanol–water partition coefficient (Wildman–Crippen LogP) is 4.42. The molecule has 4 heterocycles. The van der Waals surface area contributed by atoms with Crippen LogP contribution >= 0.6 is 0 Å². The number of nitrogens with zero attached hydrogens (tertiary/aromatic N) is 2. The minimum absolute atomic E-state index is 0.00752. The largest absolute Gasteiger partial charge is 0.417 e. The highest BCUT2D eigenvalue weighted by Crippen LogP contribution is 2.35. The first-order valence-electron chi connectivity index (χ1n) is 10.1. The summed E-state index contributed by atoms with van der Waals surface area (Å²) in [6, 6.07) is 4.72. The number of carbonyl (C=O) groups is 1. The summed E-state index contributed by atoms with van der Waals surface area (Å²) in [4.78, 5) is 29.5. The second-order valence-corrected chi connectivity index (χ2v) is 8.08. The Morgan fingerprint density at radius 2 is 1.82 bits per heavy atom. The first-order chi connectivity index (χ1) is 16.0. The number of fused-ring (bicyclic) bond motifs is 4. The van der Waals surface area contributed by atoms with Gasteiger partial charge >= 0.3 is 6.18 Å². The minimum Gasteiger partial charge on any atom is -0.373 e. The van der Waals surface area contributed by atoms with Crippen LogP contribution in [0.4, 0.5) is 22.0 Å². The van der Waals surface area contributed by atoms with Crippen LogP contribution in [0, 0.1) is 11.6 Å². The van der Waals surface area contributed by atoms with Gasteiger partial charge in [0.1, 0.15) is 0 Å². The summed E-state index contributed by atoms with van der Waals surface area (Å²) in [5.74, 6) is -2.85. The van der Waals surface area contributed by atoms with Crippen molar-refractivity contribution >= 4 is 22.2 Å². The average molecular weight is 477 g/mol. The molecule has 0 bridgehead atoms. The van der Waals surface area contributed by atoms with Crippen molar-refractivity contribution in [3.05, 3.63) is 87.1 Å². The molecule has 0 aliphatic carbocycles. The summed E-state index contributed by atoms with van der Waals surface area (Å²) in [5.41, 5.74) is -0.349. The van der Waals surface area contributed by atoms with Crippen molar-refractivity contribution < 1.29 is 31.5 Å². The number of alkyl halides is 3. The number of rotatable bonds is 2. The molecular weight excluding hydrogens is 461 g/mol. The first kappa shape index (κ1) is 22.1. The molecule has 1 amide bonds. The van der Waals surface area contributed by atoms with E-state index in [1.54, 1.807) is 0 Å². The fraction of sp³-hybridized carbons (Fsp3) is 0.217. The molecule has 0 spiro atoms. The van der Waals surface area contributed by atoms with E-state index in [1.165, 1.54) is 34.7 Å². The Morgan fingerprint density at radius 1 is 1.12 bits per heavy atom. The van der Waals surface area contributed by atoms with E-state index in [0.717, 1.165) is 24.4 Å². The SMILES string of the molecule is CN(C(=O)c1ccc2cc(C(F)(F)F)cn2c1)C1COCc2[nH]c(=O)c3cc(F)c(F)cc3c21. The molecule has 1 unspecified atom stereocenters. The average Bonchev–Trinajstić information content (AvgIpc) is 3.23. The Morgan fingerprint density at radius 3 is 2.53 bits per heavy atom. The molecule has 34 heavy (non-hydrogen) atoms. The van der Waals surface area contributed by atoms with E-state index in [1.807, 2.05) is 0 Å². The van der Waals surface area contributed by atoms with Crippen LogP contribution in [-0.2, 0) is 17.5 Å². The van der Waals surface area contributed by atoms with Crippen molar-refractivity contribution in [2.75, 3.05) is 13.7 Å². The zero-order chi connectivity index (χ0) is 24.4. The van der Waals surface area contributed by atoms with E-state index in [2.05, 4.69) is 4.98 Å². The van der Waals surface area contributed by atoms with Gasteiger partial charge in [0, 0.05) is 36.2 Å². The van der Waals surface area contributed by atoms with Crippen molar-refractivity contribution in [1.82, 2.24) is 14.3 Å². The van der Waals surface area contributed by atoms with Crippen molar-refractivity contribution in [2.45, 2.75) is 18.8 Å². The van der Waals surface area contributed by atoms with Crippen LogP contribution in [-0.4, -0.2) is 33.8 Å². The molecule has 0 saturated heterocycles. The Labute approximate surface area is 188 Å². The van der Waals surface area contributed by atoms with Crippen LogP contribution in [0.25, 0.3) is 16.3 Å². The van der Waals surface area contributed by atoms with E-state index in [0.29, 0.717) is 11.3 Å². The number of ether oxygens (including phenoxy) is 1. The fourth-order valence-corrected chi connectivity index (χ4v) is 4.28. The summed E-state index contributed by atoms with van der Waals surface area (Å²) in [6.07, 6.45) is -2.35. The number of pyridine rings is 2. The molecule has 3 aromatic heterocycles. The van der Waals surface area contributed by atoms with Crippen LogP contribution < -0.4 is 5.56 Å². The van der Waals surface area contributed by atoms with E-state index in [-0.39, 0.29) is 35.1 Å². The monoisotopic (exact) mass is 477 g/mol. The number of amides is 1. The van der Waals surface area contributed by atoms with Crippen molar-refractivity contribution in [3.63, 3.8) is 0 Å². The maximum Gasteiger partial charge on any atom is 0.417 e. The lowest BCUT2D eigenvalue weighted by atomic mass is 9.95. The highest BCUT2D eigenvalue weighted by molar-refractivity contribution is 5.95. The molecule has 6 nitrogen and oxygen atoms in total. The van der Waals surface area contributed by atoms with Gasteiger partial charge < -0.3 is 19.0 Å². The lowest BCUT2D eigenvalue weighted by Crippen LogP contribution is -2.37. The number of aromatic amines is 1. The third-order valence-electron chi connectivity index (χ3n) is 5.99. The molecule has 4 aromatic rings. The zero-order valence-electron chi connectivity index (χ0n) is 17.5. The first-order valence-corrected chi connectivity index (χ1v) is 10.1. The van der Waals surface area contributed by atoms with Crippen molar-refractivity contribution in [2.24, 2.45) is 0 Å². The van der Waals surface area contributed by atoms with Crippen molar-refractivity contribution in [1.29, 1.82) is 0 Å². The zero-order valence-corrected chi connectivity index (χ0v) is 17.5. The van der Waals surface area contributed by atoms with Gasteiger partial charge in [0.2, 0.25) is 0 Å². The van der Waals surface area contributed by atoms with Gasteiger partial charge in [-0.15, -0.1) is 0 Å². The molecule has 176 valence electrons. The topological polar surface area (TPSA) is 66.8 Å². The second kappa shape index (κ2) is 7.66. The summed E-state index contributed by atoms with van der Waals surface area (Å²) in [5, 5.41) is 0.0834. The highest BCUT2D eigenvalue weighted by Gasteiger charge is 2.33. The molecule has 0 fully saturated rings. The van der Waals surface area contributed by atoms with Gasteiger partial charge in [-0.05, 0) is 35.7 Å². The normalized spacial score (nSPS) is 16.1. The molecule has 1 N–H and O–H groups in total. The lowest BCUT2D eigenvalue weighted by molar-refractivity contribution is -0.137. The Kier molecular flexibility index (Phi) is 4.97. The molecule has 1 aliphatic rings. The smallest absolute Gasteiger partial charge is 0.373 e. The quantitative estimate of drug-likeness (QED) is 0.435. The van der Waals surface area contributed by atoms with Crippen molar-refractivity contribution in [3.8, 4) is 0 Å². The number of halogens is 5. The molecular formula is C23H16F5N3O3. The highest BCUT2D eigenvalue weighted by atomic mass is 19.4. The number of likely N-dealkylation sites (N-methyl/N-ethyl adjacent to an activating group) is 1. The van der Waals surface area contributed by atoms with E-state index in [4.69, 9.17) is 4.74 Å². The molecule has 1 aliphatic heterocycles. The lowest BCUT2D eigenvalue weighted by Gasteiger charge is -2.34. The summed E-state index contributed by atoms with van der Waals surface area (Å²) >= 11 is 0. The number of aromatic nitrogens is 2. The third kappa shape index (κ3) is 3.52. The molecule has 1 atom stereocenters. The van der Waals surface area contributed by atoms with Gasteiger partial charge in [-0.3, -0.25) is 9.59 Å². The second-order valence-electron chi connectivity index (χ2n) is 8.08. The van der Waals surface area contributed by atoms with Crippen LogP contribution in [0.1, 0.15) is 33.2 Å². The molecule has 11 heteroatoms. The van der Waals surface area contributed by atoms with Crippen LogP contribution in [0.15, 0.2) is 47.5 Å². The Balaban J connectivity index is 1.57. The molecule has 0 radical (unpaired) electrons. The van der Waals surface area contributed by atoms with Gasteiger partial charge in [-0.1, -0.05) is 0 Å². The van der Waals surface area contributed by atoms with Crippen LogP contribution in [0.3, 0.4) is 0 Å². The number of hydrogen-bond donors (Lipinski definition) is 1. The van der Waals surface area contributed by atoms with E-state index >= 15 is 0 Å². The van der Waals surface area contributed by atoms with Gasteiger partial charge in [0.05, 0.1) is 35.8 Å². The van der Waals surface area contributed by atoms with Crippen LogP contribution in [0.5, 0.6) is 0 Å². The maximum atomic E-state index is 14.1.